The van der Waals surface area contributed by atoms with Crippen molar-refractivity contribution in [3.05, 3.63) is 206 Å². The highest BCUT2D eigenvalue weighted by atomic mass is 15.5. The highest BCUT2D eigenvalue weighted by Gasteiger charge is 2.19. The second-order valence-corrected chi connectivity index (χ2v) is 13.0. The smallest absolute Gasteiger partial charge is 0.122 e. The van der Waals surface area contributed by atoms with E-state index < -0.39 is 0 Å². The van der Waals surface area contributed by atoms with Crippen LogP contribution in [-0.4, -0.2) is 15.0 Å². The molecule has 0 amide bonds. The highest BCUT2D eigenvalue weighted by molar-refractivity contribution is 6.01. The van der Waals surface area contributed by atoms with Crippen LogP contribution < -0.4 is 15.5 Å². The molecule has 1 aromatic heterocycles. The molecule has 1 heterocycles. The van der Waals surface area contributed by atoms with Gasteiger partial charge in [0.05, 0.1) is 5.69 Å². The van der Waals surface area contributed by atoms with Crippen molar-refractivity contribution in [2.24, 2.45) is 0 Å². The van der Waals surface area contributed by atoms with E-state index >= 15 is 0 Å². The molecule has 54 heavy (non-hydrogen) atoms. The second kappa shape index (κ2) is 14.3. The summed E-state index contributed by atoms with van der Waals surface area (Å²) in [6.45, 7) is 0. The highest BCUT2D eigenvalue weighted by Crippen LogP contribution is 2.40. The van der Waals surface area contributed by atoms with E-state index in [1.165, 1.54) is 0 Å². The Labute approximate surface area is 314 Å². The zero-order valence-corrected chi connectivity index (χ0v) is 29.4. The summed E-state index contributed by atoms with van der Waals surface area (Å²) in [7, 11) is 0. The van der Waals surface area contributed by atoms with Gasteiger partial charge in [0.15, 0.2) is 0 Å². The van der Waals surface area contributed by atoms with E-state index in [1.54, 1.807) is 4.80 Å². The maximum Gasteiger partial charge on any atom is 0.122 e. The number of nitrogens with two attached hydrogens (primary N) is 1. The molecule has 0 aliphatic rings. The predicted molar refractivity (Wildman–Crippen MR) is 224 cm³/mol. The van der Waals surface area contributed by atoms with Crippen molar-refractivity contribution < 1.29 is 0 Å². The second-order valence-electron chi connectivity index (χ2n) is 13.0. The van der Waals surface area contributed by atoms with Gasteiger partial charge in [-0.3, -0.25) is 0 Å². The van der Waals surface area contributed by atoms with Crippen LogP contribution in [0.25, 0.3) is 39.0 Å². The summed E-state index contributed by atoms with van der Waals surface area (Å²) in [6.07, 6.45) is 0. The van der Waals surface area contributed by atoms with Gasteiger partial charge in [0.2, 0.25) is 0 Å². The molecule has 0 fully saturated rings. The Morgan fingerprint density at radius 2 is 0.648 bits per heavy atom. The third-order valence-corrected chi connectivity index (χ3v) is 9.60. The van der Waals surface area contributed by atoms with Crippen LogP contribution >= 0.6 is 0 Å². The molecule has 0 aliphatic heterocycles. The molecular formula is C48H36N6. The lowest BCUT2D eigenvalue weighted by atomic mass is 9.97. The van der Waals surface area contributed by atoms with Crippen LogP contribution in [0, 0.1) is 0 Å². The van der Waals surface area contributed by atoms with Crippen LogP contribution in [0.3, 0.4) is 0 Å². The third-order valence-electron chi connectivity index (χ3n) is 9.60. The van der Waals surface area contributed by atoms with Crippen molar-refractivity contribution in [2.45, 2.75) is 0 Å². The fraction of sp³-hybridized carbons (Fsp3) is 0. The molecule has 0 aliphatic carbocycles. The fourth-order valence-electron chi connectivity index (χ4n) is 6.97. The number of para-hydroxylation sites is 4. The lowest BCUT2D eigenvalue weighted by molar-refractivity contribution is 0.766. The Hall–Kier alpha value is -7.44. The minimum Gasteiger partial charge on any atom is -0.399 e. The first-order chi connectivity index (χ1) is 26.7. The summed E-state index contributed by atoms with van der Waals surface area (Å²) in [4.78, 5) is 6.24. The zero-order chi connectivity index (χ0) is 36.3. The zero-order valence-electron chi connectivity index (χ0n) is 29.4. The monoisotopic (exact) mass is 696 g/mol. The number of anilines is 7. The summed E-state index contributed by atoms with van der Waals surface area (Å²) >= 11 is 0. The number of aromatic nitrogens is 3. The summed E-state index contributed by atoms with van der Waals surface area (Å²) in [5, 5.41) is 10.2. The molecule has 258 valence electrons. The first-order valence-corrected chi connectivity index (χ1v) is 18.0. The molecule has 6 heteroatoms. The quantitative estimate of drug-likeness (QED) is 0.152. The summed E-state index contributed by atoms with van der Waals surface area (Å²) in [6, 6.07) is 71.1. The van der Waals surface area contributed by atoms with Gasteiger partial charge in [0.1, 0.15) is 11.0 Å². The molecular weight excluding hydrogens is 661 g/mol. The number of fused-ring (bicyclic) bond motifs is 1. The van der Waals surface area contributed by atoms with E-state index in [1.807, 2.05) is 48.5 Å². The van der Waals surface area contributed by atoms with Gasteiger partial charge >= 0.3 is 0 Å². The normalized spacial score (nSPS) is 11.0. The van der Waals surface area contributed by atoms with Gasteiger partial charge in [0, 0.05) is 50.9 Å². The molecule has 0 saturated carbocycles. The molecule has 0 bridgehead atoms. The average molecular weight is 697 g/mol. The van der Waals surface area contributed by atoms with Crippen LogP contribution in [0.4, 0.5) is 39.8 Å². The maximum absolute atomic E-state index is 6.04. The molecule has 9 rings (SSSR count). The van der Waals surface area contributed by atoms with Gasteiger partial charge in [-0.2, -0.15) is 4.80 Å². The Morgan fingerprint density at radius 3 is 0.981 bits per heavy atom. The van der Waals surface area contributed by atoms with Crippen molar-refractivity contribution in [2.75, 3.05) is 15.5 Å². The van der Waals surface area contributed by atoms with Crippen LogP contribution in [-0.2, 0) is 0 Å². The third kappa shape index (κ3) is 6.33. The summed E-state index contributed by atoms with van der Waals surface area (Å²) in [5.74, 6) is 0. The van der Waals surface area contributed by atoms with Gasteiger partial charge < -0.3 is 15.5 Å². The first kappa shape index (κ1) is 32.5. The van der Waals surface area contributed by atoms with Crippen LogP contribution in [0.15, 0.2) is 206 Å². The van der Waals surface area contributed by atoms with Gasteiger partial charge in [-0.1, -0.05) is 109 Å². The predicted octanol–water partition coefficient (Wildman–Crippen LogP) is 12.3. The largest absolute Gasteiger partial charge is 0.399 e. The molecule has 0 atom stereocenters. The minimum absolute atomic E-state index is 0.692. The van der Waals surface area contributed by atoms with Crippen molar-refractivity contribution in [1.29, 1.82) is 0 Å². The van der Waals surface area contributed by atoms with Crippen LogP contribution in [0.1, 0.15) is 0 Å². The van der Waals surface area contributed by atoms with Gasteiger partial charge in [-0.25, -0.2) is 0 Å². The Morgan fingerprint density at radius 1 is 0.333 bits per heavy atom. The number of benzene rings is 8. The van der Waals surface area contributed by atoms with E-state index in [0.717, 1.165) is 73.1 Å². The van der Waals surface area contributed by atoms with Gasteiger partial charge in [-0.05, 0) is 108 Å². The molecule has 0 unspecified atom stereocenters. The summed E-state index contributed by atoms with van der Waals surface area (Å²) in [5.41, 5.74) is 19.8. The maximum atomic E-state index is 6.04. The van der Waals surface area contributed by atoms with Crippen LogP contribution in [0.5, 0.6) is 0 Å². The number of hydrogen-bond acceptors (Lipinski definition) is 5. The molecule has 0 saturated heterocycles. The van der Waals surface area contributed by atoms with Gasteiger partial charge in [0.25, 0.3) is 0 Å². The lowest BCUT2D eigenvalue weighted by Crippen LogP contribution is -2.09. The first-order valence-electron chi connectivity index (χ1n) is 18.0. The molecule has 8 aromatic carbocycles. The number of nitrogens with zero attached hydrogens (tertiary/aromatic N) is 5. The van der Waals surface area contributed by atoms with Crippen molar-refractivity contribution in [3.8, 4) is 27.9 Å². The van der Waals surface area contributed by atoms with Crippen LogP contribution in [0.2, 0.25) is 0 Å². The van der Waals surface area contributed by atoms with E-state index in [2.05, 4.69) is 168 Å². The fourth-order valence-corrected chi connectivity index (χ4v) is 6.97. The van der Waals surface area contributed by atoms with E-state index in [-0.39, 0.29) is 0 Å². The van der Waals surface area contributed by atoms with E-state index in [0.29, 0.717) is 5.69 Å². The number of hydrogen-bond donors (Lipinski definition) is 1. The minimum atomic E-state index is 0.692. The molecule has 0 spiro atoms. The van der Waals surface area contributed by atoms with E-state index in [9.17, 15) is 0 Å². The lowest BCUT2D eigenvalue weighted by Gasteiger charge is -2.25. The molecule has 6 nitrogen and oxygen atoms in total. The molecule has 9 aromatic rings. The Balaban J connectivity index is 1.13. The standard InChI is InChI=1S/C48H36N6/c49-37-25-31-44(32-26-37)54-50-47-45(35-21-27-42(28-22-35)52(38-13-5-1-6-14-38)39-15-7-2-8-16-39)33-34-46(48(47)51-54)36-23-29-43(30-24-36)53(40-17-9-3-10-18-40)41-19-11-4-12-20-41/h1-34H,49H2. The Bertz CT molecular complexity index is 2380. The van der Waals surface area contributed by atoms with Crippen molar-refractivity contribution in [3.63, 3.8) is 0 Å². The molecule has 0 radical (unpaired) electrons. The SMILES string of the molecule is Nc1ccc(-n2nc3c(-c4ccc(N(c5ccccc5)c5ccccc5)cc4)ccc(-c4ccc(N(c5ccccc5)c5ccccc5)cc4)c3n2)cc1. The van der Waals surface area contributed by atoms with Crippen molar-refractivity contribution >= 4 is 50.8 Å². The topological polar surface area (TPSA) is 63.2 Å². The van der Waals surface area contributed by atoms with Crippen molar-refractivity contribution in [1.82, 2.24) is 15.0 Å². The average Bonchev–Trinajstić information content (AvgIpc) is 3.69. The number of nitrogen functional groups attached to an aromatic ring is 1. The summed E-state index contributed by atoms with van der Waals surface area (Å²) < 4.78 is 0. The van der Waals surface area contributed by atoms with E-state index in [4.69, 9.17) is 15.9 Å². The van der Waals surface area contributed by atoms with Gasteiger partial charge in [-0.15, -0.1) is 10.2 Å². The Kier molecular flexibility index (Phi) is 8.59. The number of rotatable bonds is 9. The molecule has 2 N–H and O–H groups in total.